The number of hydrogen-bond donors (Lipinski definition) is 1. The monoisotopic (exact) mass is 285 g/mol. The molecule has 0 amide bonds. The van der Waals surface area contributed by atoms with Crippen molar-refractivity contribution < 1.29 is 9.47 Å². The average Bonchev–Trinajstić information content (AvgIpc) is 2.54. The zero-order valence-electron chi connectivity index (χ0n) is 13.1. The Kier molecular flexibility index (Phi) is 5.23. The Hall–Kier alpha value is -2.00. The molecule has 2 aromatic rings. The minimum atomic E-state index is 0.237. The van der Waals surface area contributed by atoms with Crippen molar-refractivity contribution in [3.05, 3.63) is 59.7 Å². The molecule has 0 bridgehead atoms. The molecule has 0 heterocycles. The maximum Gasteiger partial charge on any atom is 0.119 e. The van der Waals surface area contributed by atoms with Crippen molar-refractivity contribution in [2.24, 2.45) is 0 Å². The predicted molar refractivity (Wildman–Crippen MR) is 86.0 cm³/mol. The average molecular weight is 285 g/mol. The zero-order chi connectivity index (χ0) is 15.2. The van der Waals surface area contributed by atoms with Gasteiger partial charge in [-0.15, -0.1) is 0 Å². The third kappa shape index (κ3) is 3.99. The first-order valence-corrected chi connectivity index (χ1v) is 7.18. The highest BCUT2D eigenvalue weighted by atomic mass is 16.5. The molecule has 2 aromatic carbocycles. The van der Waals surface area contributed by atoms with E-state index in [2.05, 4.69) is 43.4 Å². The van der Waals surface area contributed by atoms with E-state index in [1.165, 1.54) is 11.1 Å². The summed E-state index contributed by atoms with van der Waals surface area (Å²) in [7, 11) is 3.38. The topological polar surface area (TPSA) is 30.5 Å². The first-order valence-electron chi connectivity index (χ1n) is 7.18. The van der Waals surface area contributed by atoms with Crippen LogP contribution in [0.4, 0.5) is 0 Å². The second-order valence-corrected chi connectivity index (χ2v) is 5.16. The number of ether oxygens (including phenoxy) is 2. The lowest BCUT2D eigenvalue weighted by molar-refractivity contribution is 0.410. The van der Waals surface area contributed by atoms with Gasteiger partial charge in [0.25, 0.3) is 0 Å². The molecule has 112 valence electrons. The van der Waals surface area contributed by atoms with E-state index < -0.39 is 0 Å². The molecule has 0 spiro atoms. The fourth-order valence-electron chi connectivity index (χ4n) is 2.39. The van der Waals surface area contributed by atoms with Crippen LogP contribution in [-0.4, -0.2) is 14.2 Å². The second kappa shape index (κ2) is 7.14. The molecular formula is C18H23NO2. The van der Waals surface area contributed by atoms with Gasteiger partial charge in [0.2, 0.25) is 0 Å². The second-order valence-electron chi connectivity index (χ2n) is 5.16. The lowest BCUT2D eigenvalue weighted by atomic mass is 10.0. The summed E-state index contributed by atoms with van der Waals surface area (Å²) in [5.74, 6) is 1.77. The summed E-state index contributed by atoms with van der Waals surface area (Å²) in [5, 5.41) is 3.60. The number of hydrogen-bond acceptors (Lipinski definition) is 3. The molecule has 0 aliphatic heterocycles. The third-order valence-corrected chi connectivity index (χ3v) is 3.69. The maximum atomic E-state index is 5.28. The Bertz CT molecular complexity index is 531. The summed E-state index contributed by atoms with van der Waals surface area (Å²) >= 11 is 0. The van der Waals surface area contributed by atoms with Gasteiger partial charge in [-0.05, 0) is 49.2 Å². The van der Waals surface area contributed by atoms with Crippen LogP contribution < -0.4 is 14.8 Å². The molecule has 3 heteroatoms. The molecule has 2 atom stereocenters. The normalized spacial score (nSPS) is 13.5. The summed E-state index contributed by atoms with van der Waals surface area (Å²) in [5.41, 5.74) is 2.42. The van der Waals surface area contributed by atoms with Crippen molar-refractivity contribution in [2.75, 3.05) is 14.2 Å². The molecule has 21 heavy (non-hydrogen) atoms. The van der Waals surface area contributed by atoms with Crippen LogP contribution in [0.3, 0.4) is 0 Å². The van der Waals surface area contributed by atoms with Gasteiger partial charge in [0, 0.05) is 12.1 Å². The predicted octanol–water partition coefficient (Wildman–Crippen LogP) is 4.12. The molecule has 0 fully saturated rings. The van der Waals surface area contributed by atoms with Gasteiger partial charge >= 0.3 is 0 Å². The van der Waals surface area contributed by atoms with Crippen LogP contribution in [0.15, 0.2) is 48.5 Å². The summed E-state index contributed by atoms with van der Waals surface area (Å²) in [6.45, 7) is 4.32. The van der Waals surface area contributed by atoms with E-state index in [1.807, 2.05) is 24.3 Å². The number of nitrogens with one attached hydrogen (secondary N) is 1. The SMILES string of the molecule is COc1cccc(C(C)NC(C)c2cccc(OC)c2)c1. The third-order valence-electron chi connectivity index (χ3n) is 3.69. The zero-order valence-corrected chi connectivity index (χ0v) is 13.1. The van der Waals surface area contributed by atoms with E-state index >= 15 is 0 Å². The van der Waals surface area contributed by atoms with Gasteiger partial charge in [-0.2, -0.15) is 0 Å². The van der Waals surface area contributed by atoms with E-state index in [-0.39, 0.29) is 12.1 Å². The van der Waals surface area contributed by atoms with E-state index in [9.17, 15) is 0 Å². The van der Waals surface area contributed by atoms with Crippen molar-refractivity contribution in [2.45, 2.75) is 25.9 Å². The molecular weight excluding hydrogens is 262 g/mol. The van der Waals surface area contributed by atoms with Gasteiger partial charge in [0.05, 0.1) is 14.2 Å². The highest BCUT2D eigenvalue weighted by Crippen LogP contribution is 2.24. The van der Waals surface area contributed by atoms with Crippen LogP contribution in [0.1, 0.15) is 37.1 Å². The van der Waals surface area contributed by atoms with Crippen molar-refractivity contribution in [3.63, 3.8) is 0 Å². The Morgan fingerprint density at radius 3 is 1.57 bits per heavy atom. The van der Waals surface area contributed by atoms with E-state index in [0.717, 1.165) is 11.5 Å². The van der Waals surface area contributed by atoms with Crippen molar-refractivity contribution >= 4 is 0 Å². The minimum Gasteiger partial charge on any atom is -0.497 e. The quantitative estimate of drug-likeness (QED) is 0.866. The van der Waals surface area contributed by atoms with Crippen LogP contribution >= 0.6 is 0 Å². The molecule has 0 saturated heterocycles. The summed E-state index contributed by atoms with van der Waals surface area (Å²) < 4.78 is 10.6. The lowest BCUT2D eigenvalue weighted by Crippen LogP contribution is -2.22. The van der Waals surface area contributed by atoms with Crippen LogP contribution in [0.2, 0.25) is 0 Å². The fourth-order valence-corrected chi connectivity index (χ4v) is 2.39. The first-order chi connectivity index (χ1) is 10.1. The van der Waals surface area contributed by atoms with E-state index in [1.54, 1.807) is 14.2 Å². The first kappa shape index (κ1) is 15.4. The van der Waals surface area contributed by atoms with Crippen LogP contribution in [0, 0.1) is 0 Å². The van der Waals surface area contributed by atoms with Crippen LogP contribution in [-0.2, 0) is 0 Å². The summed E-state index contributed by atoms with van der Waals surface area (Å²) in [6.07, 6.45) is 0. The summed E-state index contributed by atoms with van der Waals surface area (Å²) in [6, 6.07) is 16.8. The molecule has 0 aliphatic carbocycles. The van der Waals surface area contributed by atoms with E-state index in [0.29, 0.717) is 0 Å². The lowest BCUT2D eigenvalue weighted by Gasteiger charge is -2.21. The van der Waals surface area contributed by atoms with Crippen molar-refractivity contribution in [1.29, 1.82) is 0 Å². The highest BCUT2D eigenvalue weighted by molar-refractivity contribution is 5.32. The molecule has 0 radical (unpaired) electrons. The van der Waals surface area contributed by atoms with Crippen molar-refractivity contribution in [3.8, 4) is 11.5 Å². The Morgan fingerprint density at radius 1 is 0.762 bits per heavy atom. The summed E-state index contributed by atoms with van der Waals surface area (Å²) in [4.78, 5) is 0. The molecule has 2 unspecified atom stereocenters. The highest BCUT2D eigenvalue weighted by Gasteiger charge is 2.12. The Balaban J connectivity index is 2.08. The number of benzene rings is 2. The van der Waals surface area contributed by atoms with Crippen molar-refractivity contribution in [1.82, 2.24) is 5.32 Å². The molecule has 0 aliphatic rings. The fraction of sp³-hybridized carbons (Fsp3) is 0.333. The Morgan fingerprint density at radius 2 is 1.19 bits per heavy atom. The van der Waals surface area contributed by atoms with Gasteiger partial charge in [-0.25, -0.2) is 0 Å². The molecule has 2 rings (SSSR count). The van der Waals surface area contributed by atoms with Gasteiger partial charge in [-0.3, -0.25) is 0 Å². The van der Waals surface area contributed by atoms with Crippen LogP contribution in [0.25, 0.3) is 0 Å². The molecule has 3 nitrogen and oxygen atoms in total. The molecule has 1 N–H and O–H groups in total. The number of methoxy groups -OCH3 is 2. The van der Waals surface area contributed by atoms with Gasteiger partial charge < -0.3 is 14.8 Å². The standard InChI is InChI=1S/C18H23NO2/c1-13(15-7-5-9-17(11-15)20-3)19-14(2)16-8-6-10-18(12-16)21-4/h5-14,19H,1-4H3. The van der Waals surface area contributed by atoms with Gasteiger partial charge in [-0.1, -0.05) is 24.3 Å². The largest absolute Gasteiger partial charge is 0.497 e. The maximum absolute atomic E-state index is 5.28. The molecule has 0 aromatic heterocycles. The van der Waals surface area contributed by atoms with Gasteiger partial charge in [0.1, 0.15) is 11.5 Å². The van der Waals surface area contributed by atoms with Gasteiger partial charge in [0.15, 0.2) is 0 Å². The minimum absolute atomic E-state index is 0.237. The van der Waals surface area contributed by atoms with Crippen LogP contribution in [0.5, 0.6) is 11.5 Å². The smallest absolute Gasteiger partial charge is 0.119 e. The Labute approximate surface area is 126 Å². The molecule has 0 saturated carbocycles. The van der Waals surface area contributed by atoms with E-state index in [4.69, 9.17) is 9.47 Å². The number of rotatable bonds is 6.